The van der Waals surface area contributed by atoms with Crippen LogP contribution < -0.4 is 10.6 Å². The Morgan fingerprint density at radius 2 is 1.86 bits per heavy atom. The molecule has 4 rings (SSSR count). The number of H-pyrrole nitrogens is 1. The summed E-state index contributed by atoms with van der Waals surface area (Å²) in [6, 6.07) is 12.7. The van der Waals surface area contributed by atoms with Gasteiger partial charge in [0.05, 0.1) is 11.0 Å². The molecule has 1 saturated carbocycles. The van der Waals surface area contributed by atoms with Crippen molar-refractivity contribution in [1.29, 1.82) is 0 Å². The van der Waals surface area contributed by atoms with Crippen LogP contribution in [0.15, 0.2) is 42.5 Å². The number of imidazole rings is 1. The highest BCUT2D eigenvalue weighted by atomic mass is 19.1. The molecule has 144 valence electrons. The number of hydrogen-bond acceptors (Lipinski definition) is 3. The summed E-state index contributed by atoms with van der Waals surface area (Å²) in [4.78, 5) is 31.3. The summed E-state index contributed by atoms with van der Waals surface area (Å²) in [6.07, 6.45) is 4.46. The molecule has 7 heteroatoms. The number of amides is 2. The Morgan fingerprint density at radius 3 is 2.57 bits per heavy atom. The third kappa shape index (κ3) is 3.88. The van der Waals surface area contributed by atoms with E-state index in [2.05, 4.69) is 20.6 Å². The van der Waals surface area contributed by atoms with Gasteiger partial charge in [-0.1, -0.05) is 25.0 Å². The minimum Gasteiger partial charge on any atom is -0.349 e. The maximum Gasteiger partial charge on any atom is 0.255 e. The molecule has 0 spiro atoms. The lowest BCUT2D eigenvalue weighted by molar-refractivity contribution is -0.117. The van der Waals surface area contributed by atoms with Crippen molar-refractivity contribution >= 4 is 28.5 Å². The Morgan fingerprint density at radius 1 is 1.11 bits per heavy atom. The molecule has 1 fully saturated rings. The monoisotopic (exact) mass is 380 g/mol. The van der Waals surface area contributed by atoms with Crippen LogP contribution in [0.25, 0.3) is 22.4 Å². The molecule has 1 aliphatic carbocycles. The van der Waals surface area contributed by atoms with E-state index >= 15 is 0 Å². The number of benzene rings is 2. The molecule has 1 aliphatic rings. The first-order chi connectivity index (χ1) is 13.6. The lowest BCUT2D eigenvalue weighted by atomic mass is 10.1. The molecule has 6 nitrogen and oxygen atoms in total. The quantitative estimate of drug-likeness (QED) is 0.629. The standard InChI is InChI=1S/C21H21FN4O2/c22-12-19(27)23-16-9-10-17-18(11-16)26-20(25-17)13-5-7-14(8-6-13)21(28)24-15-3-1-2-4-15/h5-11,15H,1-4,12H2,(H,23,27)(H,24,28)(H,25,26). The molecule has 3 N–H and O–H groups in total. The van der Waals surface area contributed by atoms with Gasteiger partial charge in [-0.3, -0.25) is 9.59 Å². The molecule has 2 amide bonds. The van der Waals surface area contributed by atoms with Crippen molar-refractivity contribution in [3.63, 3.8) is 0 Å². The van der Waals surface area contributed by atoms with Crippen LogP contribution in [0.4, 0.5) is 10.1 Å². The average molecular weight is 380 g/mol. The third-order valence-corrected chi connectivity index (χ3v) is 5.00. The van der Waals surface area contributed by atoms with E-state index in [0.717, 1.165) is 29.4 Å². The smallest absolute Gasteiger partial charge is 0.255 e. The van der Waals surface area contributed by atoms with Crippen molar-refractivity contribution in [3.8, 4) is 11.4 Å². The van der Waals surface area contributed by atoms with Gasteiger partial charge in [0.25, 0.3) is 11.8 Å². The predicted octanol–water partition coefficient (Wildman–Crippen LogP) is 3.81. The number of carbonyl (C=O) groups excluding carboxylic acids is 2. The topological polar surface area (TPSA) is 86.9 Å². The molecular weight excluding hydrogens is 359 g/mol. The summed E-state index contributed by atoms with van der Waals surface area (Å²) in [5, 5.41) is 5.55. The SMILES string of the molecule is O=C(CF)Nc1ccc2nc(-c3ccc(C(=O)NC4CCCC4)cc3)[nH]c2c1. The van der Waals surface area contributed by atoms with E-state index in [-0.39, 0.29) is 11.9 Å². The summed E-state index contributed by atoms with van der Waals surface area (Å²) < 4.78 is 12.4. The summed E-state index contributed by atoms with van der Waals surface area (Å²) in [5.41, 5.74) is 3.45. The fourth-order valence-electron chi connectivity index (χ4n) is 3.54. The fourth-order valence-corrected chi connectivity index (χ4v) is 3.54. The lowest BCUT2D eigenvalue weighted by Gasteiger charge is -2.11. The third-order valence-electron chi connectivity index (χ3n) is 5.00. The van der Waals surface area contributed by atoms with E-state index in [1.54, 1.807) is 30.3 Å². The molecule has 0 saturated heterocycles. The molecule has 0 bridgehead atoms. The number of hydrogen-bond donors (Lipinski definition) is 3. The van der Waals surface area contributed by atoms with Crippen LogP contribution in [-0.2, 0) is 4.79 Å². The Labute approximate surface area is 161 Å². The maximum atomic E-state index is 12.4. The van der Waals surface area contributed by atoms with Crippen molar-refractivity contribution in [2.45, 2.75) is 31.7 Å². The second kappa shape index (κ2) is 7.80. The number of carbonyl (C=O) groups is 2. The highest BCUT2D eigenvalue weighted by Gasteiger charge is 2.18. The lowest BCUT2D eigenvalue weighted by Crippen LogP contribution is -2.32. The Kier molecular flexibility index (Phi) is 5.06. The summed E-state index contributed by atoms with van der Waals surface area (Å²) in [6.45, 7) is -1.06. The van der Waals surface area contributed by atoms with Gasteiger partial charge in [-0.05, 0) is 43.2 Å². The Hall–Kier alpha value is -3.22. The summed E-state index contributed by atoms with van der Waals surface area (Å²) in [5.74, 6) is -0.0754. The second-order valence-corrected chi connectivity index (χ2v) is 7.03. The van der Waals surface area contributed by atoms with Crippen LogP contribution in [-0.4, -0.2) is 34.5 Å². The van der Waals surface area contributed by atoms with Crippen LogP contribution in [0, 0.1) is 0 Å². The molecule has 0 unspecified atom stereocenters. The van der Waals surface area contributed by atoms with Gasteiger partial charge in [-0.15, -0.1) is 0 Å². The number of aromatic amines is 1. The van der Waals surface area contributed by atoms with Gasteiger partial charge in [0, 0.05) is 22.9 Å². The maximum absolute atomic E-state index is 12.4. The highest BCUT2D eigenvalue weighted by Crippen LogP contribution is 2.24. The molecule has 3 aromatic rings. The number of aromatic nitrogens is 2. The zero-order chi connectivity index (χ0) is 19.5. The first kappa shape index (κ1) is 18.2. The van der Waals surface area contributed by atoms with Gasteiger partial charge in [0.1, 0.15) is 5.82 Å². The Bertz CT molecular complexity index is 1010. The van der Waals surface area contributed by atoms with E-state index in [4.69, 9.17) is 0 Å². The minimum atomic E-state index is -1.06. The number of rotatable bonds is 5. The molecule has 0 aliphatic heterocycles. The number of nitrogens with zero attached hydrogens (tertiary/aromatic N) is 1. The van der Waals surface area contributed by atoms with E-state index in [0.29, 0.717) is 17.1 Å². The minimum absolute atomic E-state index is 0.0451. The number of fused-ring (bicyclic) bond motifs is 1. The van der Waals surface area contributed by atoms with E-state index in [1.807, 2.05) is 12.1 Å². The molecule has 0 atom stereocenters. The van der Waals surface area contributed by atoms with Gasteiger partial charge in [-0.2, -0.15) is 0 Å². The Balaban J connectivity index is 1.51. The first-order valence-corrected chi connectivity index (χ1v) is 9.39. The predicted molar refractivity (Wildman–Crippen MR) is 106 cm³/mol. The first-order valence-electron chi connectivity index (χ1n) is 9.39. The van der Waals surface area contributed by atoms with E-state index in [9.17, 15) is 14.0 Å². The van der Waals surface area contributed by atoms with Gasteiger partial charge >= 0.3 is 0 Å². The summed E-state index contributed by atoms with van der Waals surface area (Å²) in [7, 11) is 0. The van der Waals surface area contributed by atoms with Crippen LogP contribution in [0.3, 0.4) is 0 Å². The van der Waals surface area contributed by atoms with Crippen LogP contribution in [0.2, 0.25) is 0 Å². The molecule has 2 aromatic carbocycles. The van der Waals surface area contributed by atoms with Gasteiger partial charge in [0.15, 0.2) is 6.67 Å². The molecule has 0 radical (unpaired) electrons. The van der Waals surface area contributed by atoms with Crippen LogP contribution in [0.5, 0.6) is 0 Å². The van der Waals surface area contributed by atoms with Crippen molar-refractivity contribution in [3.05, 3.63) is 48.0 Å². The number of alkyl halides is 1. The van der Waals surface area contributed by atoms with E-state index in [1.165, 1.54) is 12.8 Å². The van der Waals surface area contributed by atoms with Crippen molar-refractivity contribution in [2.75, 3.05) is 12.0 Å². The summed E-state index contributed by atoms with van der Waals surface area (Å²) >= 11 is 0. The normalized spacial score (nSPS) is 14.3. The molecule has 1 aromatic heterocycles. The zero-order valence-corrected chi connectivity index (χ0v) is 15.3. The zero-order valence-electron chi connectivity index (χ0n) is 15.3. The van der Waals surface area contributed by atoms with Crippen molar-refractivity contribution < 1.29 is 14.0 Å². The van der Waals surface area contributed by atoms with Crippen LogP contribution in [0.1, 0.15) is 36.0 Å². The molecule has 1 heterocycles. The molecular formula is C21H21FN4O2. The largest absolute Gasteiger partial charge is 0.349 e. The van der Waals surface area contributed by atoms with E-state index < -0.39 is 12.6 Å². The van der Waals surface area contributed by atoms with Crippen molar-refractivity contribution in [2.24, 2.45) is 0 Å². The number of anilines is 1. The number of nitrogens with one attached hydrogen (secondary N) is 3. The highest BCUT2D eigenvalue weighted by molar-refractivity contribution is 5.95. The molecule has 28 heavy (non-hydrogen) atoms. The number of halogens is 1. The average Bonchev–Trinajstić information content (AvgIpc) is 3.37. The van der Waals surface area contributed by atoms with Gasteiger partial charge in [0.2, 0.25) is 0 Å². The van der Waals surface area contributed by atoms with Gasteiger partial charge in [-0.25, -0.2) is 9.37 Å². The fraction of sp³-hybridized carbons (Fsp3) is 0.286. The van der Waals surface area contributed by atoms with Crippen LogP contribution >= 0.6 is 0 Å². The second-order valence-electron chi connectivity index (χ2n) is 7.03. The van der Waals surface area contributed by atoms with Gasteiger partial charge < -0.3 is 15.6 Å². The van der Waals surface area contributed by atoms with Crippen molar-refractivity contribution in [1.82, 2.24) is 15.3 Å².